The molecule has 0 bridgehead atoms. The summed E-state index contributed by atoms with van der Waals surface area (Å²) in [5.74, 6) is 1.76. The number of nitrogens with one attached hydrogen (secondary N) is 1. The molecule has 3 rings (SSSR count). The Morgan fingerprint density at radius 1 is 1.50 bits per heavy atom. The molecule has 1 N–H and O–H groups in total. The Morgan fingerprint density at radius 3 is 3.12 bits per heavy atom. The monoisotopic (exact) mass is 236 g/mol. The van der Waals surface area contributed by atoms with Gasteiger partial charge >= 0.3 is 0 Å². The molecule has 2 fully saturated rings. The maximum atomic E-state index is 4.70. The number of rotatable bonds is 6. The largest absolute Gasteiger partial charge is 0.308 e. The molecule has 2 nitrogen and oxygen atoms in total. The quantitative estimate of drug-likeness (QED) is 0.819. The zero-order valence-electron chi connectivity index (χ0n) is 9.91. The summed E-state index contributed by atoms with van der Waals surface area (Å²) >= 11 is 1.85. The van der Waals surface area contributed by atoms with E-state index in [2.05, 4.69) is 17.6 Å². The predicted molar refractivity (Wildman–Crippen MR) is 67.7 cm³/mol. The molecule has 0 radical (unpaired) electrons. The summed E-state index contributed by atoms with van der Waals surface area (Å²) in [6, 6.07) is 0.783. The number of nitrogens with zero attached hydrogens (tertiary/aromatic N) is 1. The molecule has 1 aromatic heterocycles. The summed E-state index contributed by atoms with van der Waals surface area (Å²) in [6.07, 6.45) is 6.82. The van der Waals surface area contributed by atoms with Crippen molar-refractivity contribution >= 4 is 11.3 Å². The first-order valence-corrected chi connectivity index (χ1v) is 7.42. The Hall–Kier alpha value is -0.410. The van der Waals surface area contributed by atoms with E-state index in [9.17, 15) is 0 Å². The van der Waals surface area contributed by atoms with Gasteiger partial charge in [0.15, 0.2) is 0 Å². The minimum atomic E-state index is 0.783. The van der Waals surface area contributed by atoms with Crippen molar-refractivity contribution in [3.8, 4) is 0 Å². The molecule has 2 atom stereocenters. The lowest BCUT2D eigenvalue weighted by Gasteiger charge is -2.00. The normalized spacial score (nSPS) is 28.3. The maximum absolute atomic E-state index is 4.70. The minimum Gasteiger partial charge on any atom is -0.308 e. The summed E-state index contributed by atoms with van der Waals surface area (Å²) in [5.41, 5.74) is 1.26. The van der Waals surface area contributed by atoms with Crippen LogP contribution in [0.5, 0.6) is 0 Å². The third-order valence-corrected chi connectivity index (χ3v) is 4.68. The van der Waals surface area contributed by atoms with E-state index in [4.69, 9.17) is 4.98 Å². The number of aromatic nitrogens is 1. The second-order valence-corrected chi connectivity index (χ2v) is 6.11. The SMILES string of the molecule is CCCC1CC1NCc1csc(C2CC2)n1. The molecule has 0 aromatic carbocycles. The molecular formula is C13H20N2S. The van der Waals surface area contributed by atoms with Gasteiger partial charge in [-0.25, -0.2) is 4.98 Å². The van der Waals surface area contributed by atoms with Crippen LogP contribution in [-0.4, -0.2) is 11.0 Å². The van der Waals surface area contributed by atoms with Gasteiger partial charge in [0, 0.05) is 23.9 Å². The van der Waals surface area contributed by atoms with Crippen LogP contribution in [-0.2, 0) is 6.54 Å². The first kappa shape index (κ1) is 10.7. The average molecular weight is 236 g/mol. The van der Waals surface area contributed by atoms with Crippen LogP contribution in [0, 0.1) is 5.92 Å². The second kappa shape index (κ2) is 4.46. The van der Waals surface area contributed by atoms with Crippen LogP contribution in [0.15, 0.2) is 5.38 Å². The van der Waals surface area contributed by atoms with Gasteiger partial charge in [-0.05, 0) is 31.6 Å². The van der Waals surface area contributed by atoms with E-state index in [1.807, 2.05) is 11.3 Å². The molecular weight excluding hydrogens is 216 g/mol. The lowest BCUT2D eigenvalue weighted by Crippen LogP contribution is -2.17. The highest BCUT2D eigenvalue weighted by Crippen LogP contribution is 2.41. The Balaban J connectivity index is 1.44. The lowest BCUT2D eigenvalue weighted by atomic mass is 10.2. The Bertz CT molecular complexity index is 357. The van der Waals surface area contributed by atoms with Gasteiger partial charge in [0.25, 0.3) is 0 Å². The molecule has 1 heterocycles. The smallest absolute Gasteiger partial charge is 0.0959 e. The third-order valence-electron chi connectivity index (χ3n) is 3.62. The van der Waals surface area contributed by atoms with Crippen LogP contribution in [0.1, 0.15) is 55.6 Å². The molecule has 2 aliphatic rings. The van der Waals surface area contributed by atoms with Crippen LogP contribution in [0.3, 0.4) is 0 Å². The summed E-state index contributed by atoms with van der Waals surface area (Å²) in [7, 11) is 0. The van der Waals surface area contributed by atoms with Gasteiger partial charge < -0.3 is 5.32 Å². The first-order valence-electron chi connectivity index (χ1n) is 6.54. The van der Waals surface area contributed by atoms with Crippen LogP contribution in [0.25, 0.3) is 0 Å². The third kappa shape index (κ3) is 2.46. The molecule has 1 aromatic rings. The Labute approximate surface area is 101 Å². The van der Waals surface area contributed by atoms with Crippen LogP contribution in [0.4, 0.5) is 0 Å². The first-order chi connectivity index (χ1) is 7.86. The fourth-order valence-electron chi connectivity index (χ4n) is 2.34. The van der Waals surface area contributed by atoms with E-state index in [0.717, 1.165) is 24.4 Å². The van der Waals surface area contributed by atoms with Crippen molar-refractivity contribution in [1.29, 1.82) is 0 Å². The highest BCUT2D eigenvalue weighted by Gasteiger charge is 2.35. The van der Waals surface area contributed by atoms with Gasteiger partial charge in [-0.2, -0.15) is 0 Å². The fourth-order valence-corrected chi connectivity index (χ4v) is 3.34. The number of thiazole rings is 1. The average Bonchev–Trinajstić information content (AvgIpc) is 3.19. The number of hydrogen-bond acceptors (Lipinski definition) is 3. The van der Waals surface area contributed by atoms with Crippen molar-refractivity contribution in [3.05, 3.63) is 16.1 Å². The minimum absolute atomic E-state index is 0.783. The Kier molecular flexibility index (Phi) is 2.99. The van der Waals surface area contributed by atoms with Gasteiger partial charge in [0.05, 0.1) is 10.7 Å². The summed E-state index contributed by atoms with van der Waals surface area (Å²) in [5, 5.41) is 7.23. The van der Waals surface area contributed by atoms with E-state index >= 15 is 0 Å². The van der Waals surface area contributed by atoms with Crippen molar-refractivity contribution < 1.29 is 0 Å². The molecule has 0 spiro atoms. The van der Waals surface area contributed by atoms with Crippen molar-refractivity contribution in [3.63, 3.8) is 0 Å². The van der Waals surface area contributed by atoms with E-state index in [-0.39, 0.29) is 0 Å². The zero-order chi connectivity index (χ0) is 11.0. The van der Waals surface area contributed by atoms with Crippen LogP contribution >= 0.6 is 11.3 Å². The molecule has 3 heteroatoms. The predicted octanol–water partition coefficient (Wildman–Crippen LogP) is 3.30. The molecule has 2 saturated carbocycles. The van der Waals surface area contributed by atoms with Crippen LogP contribution < -0.4 is 5.32 Å². The van der Waals surface area contributed by atoms with Crippen molar-refractivity contribution in [2.45, 2.75) is 57.5 Å². The second-order valence-electron chi connectivity index (χ2n) is 5.22. The molecule has 0 saturated heterocycles. The highest BCUT2D eigenvalue weighted by atomic mass is 32.1. The molecule has 0 amide bonds. The molecule has 2 aliphatic carbocycles. The van der Waals surface area contributed by atoms with Crippen molar-refractivity contribution in [2.24, 2.45) is 5.92 Å². The molecule has 16 heavy (non-hydrogen) atoms. The van der Waals surface area contributed by atoms with Gasteiger partial charge in [-0.1, -0.05) is 13.3 Å². The van der Waals surface area contributed by atoms with E-state index in [1.165, 1.54) is 42.8 Å². The van der Waals surface area contributed by atoms with Crippen molar-refractivity contribution in [1.82, 2.24) is 10.3 Å². The zero-order valence-corrected chi connectivity index (χ0v) is 10.7. The van der Waals surface area contributed by atoms with Crippen molar-refractivity contribution in [2.75, 3.05) is 0 Å². The van der Waals surface area contributed by atoms with Gasteiger partial charge in [-0.15, -0.1) is 11.3 Å². The number of hydrogen-bond donors (Lipinski definition) is 1. The van der Waals surface area contributed by atoms with Crippen LogP contribution in [0.2, 0.25) is 0 Å². The standard InChI is InChI=1S/C13H20N2S/c1-2-3-10-6-12(10)14-7-11-8-16-13(15-11)9-4-5-9/h8-10,12,14H,2-7H2,1H3. The molecule has 88 valence electrons. The van der Waals surface area contributed by atoms with E-state index in [0.29, 0.717) is 0 Å². The molecule has 0 aliphatic heterocycles. The lowest BCUT2D eigenvalue weighted by molar-refractivity contribution is 0.594. The molecule has 2 unspecified atom stereocenters. The fraction of sp³-hybridized carbons (Fsp3) is 0.769. The summed E-state index contributed by atoms with van der Waals surface area (Å²) < 4.78 is 0. The van der Waals surface area contributed by atoms with Gasteiger partial charge in [0.2, 0.25) is 0 Å². The summed E-state index contributed by atoms with van der Waals surface area (Å²) in [4.78, 5) is 4.70. The van der Waals surface area contributed by atoms with E-state index < -0.39 is 0 Å². The Morgan fingerprint density at radius 2 is 2.38 bits per heavy atom. The van der Waals surface area contributed by atoms with E-state index in [1.54, 1.807) is 0 Å². The van der Waals surface area contributed by atoms with Gasteiger partial charge in [0.1, 0.15) is 0 Å². The topological polar surface area (TPSA) is 24.9 Å². The maximum Gasteiger partial charge on any atom is 0.0959 e. The summed E-state index contributed by atoms with van der Waals surface area (Å²) in [6.45, 7) is 3.26. The van der Waals surface area contributed by atoms with Gasteiger partial charge in [-0.3, -0.25) is 0 Å². The highest BCUT2D eigenvalue weighted by molar-refractivity contribution is 7.09.